The molecule has 4 nitrogen and oxygen atoms in total. The minimum atomic E-state index is -0.382. The summed E-state index contributed by atoms with van der Waals surface area (Å²) in [5, 5.41) is 22.3. The fraction of sp³-hybridized carbons (Fsp3) is 0.133. The van der Waals surface area contributed by atoms with Gasteiger partial charge in [-0.2, -0.15) is 0 Å². The van der Waals surface area contributed by atoms with E-state index >= 15 is 0 Å². The predicted molar refractivity (Wildman–Crippen MR) is 80.0 cm³/mol. The Bertz CT molecular complexity index is 611. The van der Waals surface area contributed by atoms with Gasteiger partial charge in [0.25, 0.3) is 5.91 Å². The molecular weight excluding hydrogens is 322 g/mol. The van der Waals surface area contributed by atoms with Crippen LogP contribution in [0.4, 0.5) is 0 Å². The van der Waals surface area contributed by atoms with E-state index in [0.717, 1.165) is 22.5 Å². The van der Waals surface area contributed by atoms with Crippen molar-refractivity contribution in [3.8, 4) is 11.5 Å². The standard InChI is InChI=1S/C15H14BrNO3/c16-8-10-1-3-11(4-2-10)9-17-15(20)13-6-5-12(18)7-14(13)19/h1-7,18-19H,8-9H2,(H,17,20). The van der Waals surface area contributed by atoms with E-state index in [9.17, 15) is 15.0 Å². The first-order chi connectivity index (χ1) is 9.60. The Balaban J connectivity index is 2.00. The first-order valence-corrected chi connectivity index (χ1v) is 7.16. The number of hydrogen-bond donors (Lipinski definition) is 3. The number of phenolic OH excluding ortho intramolecular Hbond substituents is 2. The first-order valence-electron chi connectivity index (χ1n) is 6.04. The third kappa shape index (κ3) is 3.51. The summed E-state index contributed by atoms with van der Waals surface area (Å²) >= 11 is 3.37. The van der Waals surface area contributed by atoms with Gasteiger partial charge in [0.15, 0.2) is 0 Å². The van der Waals surface area contributed by atoms with Gasteiger partial charge < -0.3 is 15.5 Å². The molecule has 0 atom stereocenters. The summed E-state index contributed by atoms with van der Waals surface area (Å²) in [6.45, 7) is 0.377. The highest BCUT2D eigenvalue weighted by Gasteiger charge is 2.11. The number of nitrogens with one attached hydrogen (secondary N) is 1. The summed E-state index contributed by atoms with van der Waals surface area (Å²) in [6, 6.07) is 11.7. The number of hydrogen-bond acceptors (Lipinski definition) is 3. The van der Waals surface area contributed by atoms with Gasteiger partial charge in [-0.05, 0) is 23.3 Å². The Labute approximate surface area is 125 Å². The number of carbonyl (C=O) groups is 1. The van der Waals surface area contributed by atoms with Crippen molar-refractivity contribution >= 4 is 21.8 Å². The van der Waals surface area contributed by atoms with Crippen molar-refractivity contribution in [2.75, 3.05) is 0 Å². The Hall–Kier alpha value is -2.01. The summed E-state index contributed by atoms with van der Waals surface area (Å²) in [5.41, 5.74) is 2.28. The van der Waals surface area contributed by atoms with Gasteiger partial charge in [-0.1, -0.05) is 40.2 Å². The van der Waals surface area contributed by atoms with Crippen LogP contribution in [0.2, 0.25) is 0 Å². The molecule has 104 valence electrons. The third-order valence-electron chi connectivity index (χ3n) is 2.86. The van der Waals surface area contributed by atoms with Crippen LogP contribution in [0.1, 0.15) is 21.5 Å². The van der Waals surface area contributed by atoms with Crippen LogP contribution < -0.4 is 5.32 Å². The second kappa shape index (κ2) is 6.43. The summed E-state index contributed by atoms with van der Waals surface area (Å²) in [6.07, 6.45) is 0. The minimum Gasteiger partial charge on any atom is -0.508 e. The van der Waals surface area contributed by atoms with E-state index in [-0.39, 0.29) is 23.0 Å². The predicted octanol–water partition coefficient (Wildman–Crippen LogP) is 2.92. The van der Waals surface area contributed by atoms with Crippen molar-refractivity contribution in [2.24, 2.45) is 0 Å². The molecule has 2 aromatic rings. The Morgan fingerprint density at radius 1 is 1.05 bits per heavy atom. The Morgan fingerprint density at radius 3 is 2.30 bits per heavy atom. The maximum Gasteiger partial charge on any atom is 0.255 e. The molecular formula is C15H14BrNO3. The van der Waals surface area contributed by atoms with Crippen molar-refractivity contribution in [3.63, 3.8) is 0 Å². The number of rotatable bonds is 4. The monoisotopic (exact) mass is 335 g/mol. The van der Waals surface area contributed by atoms with Crippen molar-refractivity contribution < 1.29 is 15.0 Å². The maximum absolute atomic E-state index is 11.9. The lowest BCUT2D eigenvalue weighted by molar-refractivity contribution is 0.0948. The molecule has 0 fully saturated rings. The molecule has 3 N–H and O–H groups in total. The lowest BCUT2D eigenvalue weighted by atomic mass is 10.1. The number of phenols is 2. The van der Waals surface area contributed by atoms with Crippen molar-refractivity contribution in [1.29, 1.82) is 0 Å². The highest BCUT2D eigenvalue weighted by Crippen LogP contribution is 2.22. The molecule has 0 aliphatic heterocycles. The lowest BCUT2D eigenvalue weighted by Gasteiger charge is -2.07. The molecule has 2 rings (SSSR count). The molecule has 5 heteroatoms. The zero-order valence-electron chi connectivity index (χ0n) is 10.6. The van der Waals surface area contributed by atoms with Crippen LogP contribution in [0.15, 0.2) is 42.5 Å². The number of amides is 1. The SMILES string of the molecule is O=C(NCc1ccc(CBr)cc1)c1ccc(O)cc1O. The lowest BCUT2D eigenvalue weighted by Crippen LogP contribution is -2.22. The van der Waals surface area contributed by atoms with Crippen LogP contribution in [0.3, 0.4) is 0 Å². The van der Waals surface area contributed by atoms with Crippen LogP contribution in [-0.2, 0) is 11.9 Å². The molecule has 0 spiro atoms. The zero-order chi connectivity index (χ0) is 14.5. The van der Waals surface area contributed by atoms with E-state index in [1.54, 1.807) is 0 Å². The molecule has 0 aliphatic rings. The fourth-order valence-corrected chi connectivity index (χ4v) is 2.11. The van der Waals surface area contributed by atoms with Gasteiger partial charge in [0.1, 0.15) is 11.5 Å². The van der Waals surface area contributed by atoms with E-state index in [1.807, 2.05) is 24.3 Å². The van der Waals surface area contributed by atoms with Gasteiger partial charge in [0.2, 0.25) is 0 Å². The quantitative estimate of drug-likeness (QED) is 0.752. The minimum absolute atomic E-state index is 0.0792. The maximum atomic E-state index is 11.9. The zero-order valence-corrected chi connectivity index (χ0v) is 12.2. The van der Waals surface area contributed by atoms with Gasteiger partial charge in [-0.25, -0.2) is 0 Å². The molecule has 0 unspecified atom stereocenters. The van der Waals surface area contributed by atoms with Gasteiger partial charge in [0, 0.05) is 17.9 Å². The molecule has 2 aromatic carbocycles. The summed E-state index contributed by atoms with van der Waals surface area (Å²) in [4.78, 5) is 11.9. The molecule has 20 heavy (non-hydrogen) atoms. The summed E-state index contributed by atoms with van der Waals surface area (Å²) in [7, 11) is 0. The number of benzene rings is 2. The molecule has 0 saturated heterocycles. The highest BCUT2D eigenvalue weighted by molar-refractivity contribution is 9.08. The number of carbonyl (C=O) groups excluding carboxylic acids is 1. The van der Waals surface area contributed by atoms with Crippen molar-refractivity contribution in [1.82, 2.24) is 5.32 Å². The second-order valence-electron chi connectivity index (χ2n) is 4.33. The number of halogens is 1. The smallest absolute Gasteiger partial charge is 0.255 e. The molecule has 0 radical (unpaired) electrons. The molecule has 1 amide bonds. The number of aromatic hydroxyl groups is 2. The van der Waals surface area contributed by atoms with Gasteiger partial charge in [-0.3, -0.25) is 4.79 Å². The molecule has 0 saturated carbocycles. The van der Waals surface area contributed by atoms with E-state index in [2.05, 4.69) is 21.2 Å². The average Bonchev–Trinajstić information content (AvgIpc) is 2.45. The molecule has 0 aromatic heterocycles. The van der Waals surface area contributed by atoms with Crippen LogP contribution in [-0.4, -0.2) is 16.1 Å². The normalized spacial score (nSPS) is 10.2. The van der Waals surface area contributed by atoms with Crippen LogP contribution in [0.25, 0.3) is 0 Å². The van der Waals surface area contributed by atoms with Crippen LogP contribution in [0, 0.1) is 0 Å². The second-order valence-corrected chi connectivity index (χ2v) is 4.89. The topological polar surface area (TPSA) is 69.6 Å². The van der Waals surface area contributed by atoms with E-state index in [4.69, 9.17) is 0 Å². The van der Waals surface area contributed by atoms with Gasteiger partial charge in [-0.15, -0.1) is 0 Å². The van der Waals surface area contributed by atoms with Gasteiger partial charge >= 0.3 is 0 Å². The van der Waals surface area contributed by atoms with Crippen molar-refractivity contribution in [2.45, 2.75) is 11.9 Å². The van der Waals surface area contributed by atoms with Crippen LogP contribution in [0.5, 0.6) is 11.5 Å². The average molecular weight is 336 g/mol. The third-order valence-corrected chi connectivity index (χ3v) is 3.50. The van der Waals surface area contributed by atoms with Crippen molar-refractivity contribution in [3.05, 3.63) is 59.2 Å². The summed E-state index contributed by atoms with van der Waals surface area (Å²) < 4.78 is 0. The van der Waals surface area contributed by atoms with Crippen LogP contribution >= 0.6 is 15.9 Å². The summed E-state index contributed by atoms with van der Waals surface area (Å²) in [5.74, 6) is -0.700. The number of alkyl halides is 1. The Kier molecular flexibility index (Phi) is 4.63. The molecule has 0 aliphatic carbocycles. The van der Waals surface area contributed by atoms with E-state index < -0.39 is 0 Å². The first kappa shape index (κ1) is 14.4. The van der Waals surface area contributed by atoms with Gasteiger partial charge in [0.05, 0.1) is 5.56 Å². The Morgan fingerprint density at radius 2 is 1.70 bits per heavy atom. The van der Waals surface area contributed by atoms with E-state index in [1.165, 1.54) is 12.1 Å². The molecule has 0 heterocycles. The fourth-order valence-electron chi connectivity index (χ4n) is 1.74. The molecule has 0 bridgehead atoms. The highest BCUT2D eigenvalue weighted by atomic mass is 79.9. The van der Waals surface area contributed by atoms with E-state index in [0.29, 0.717) is 6.54 Å². The largest absolute Gasteiger partial charge is 0.508 e.